The number of rotatable bonds is 2. The van der Waals surface area contributed by atoms with Crippen molar-refractivity contribution in [2.24, 2.45) is 17.3 Å². The van der Waals surface area contributed by atoms with Gasteiger partial charge in [-0.1, -0.05) is 32.0 Å². The molecule has 116 valence electrons. The number of aliphatic hydroxyl groups is 2. The van der Waals surface area contributed by atoms with Gasteiger partial charge in [0.25, 0.3) is 0 Å². The second kappa shape index (κ2) is 4.97. The van der Waals surface area contributed by atoms with Crippen molar-refractivity contribution in [1.82, 2.24) is 5.32 Å². The summed E-state index contributed by atoms with van der Waals surface area (Å²) in [5, 5.41) is 25.6. The molecule has 1 aliphatic heterocycles. The van der Waals surface area contributed by atoms with E-state index in [-0.39, 0.29) is 11.3 Å². The molecule has 1 aliphatic carbocycles. The molecule has 0 amide bonds. The van der Waals surface area contributed by atoms with Crippen LogP contribution in [0.1, 0.15) is 25.8 Å². The van der Waals surface area contributed by atoms with E-state index < -0.39 is 11.7 Å². The van der Waals surface area contributed by atoms with E-state index in [4.69, 9.17) is 4.74 Å². The highest BCUT2D eigenvalue weighted by molar-refractivity contribution is 5.40. The minimum Gasteiger partial charge on any atom is -0.496 e. The van der Waals surface area contributed by atoms with Gasteiger partial charge in [0.2, 0.25) is 0 Å². The first-order valence-electron chi connectivity index (χ1n) is 7.66. The van der Waals surface area contributed by atoms with E-state index in [0.29, 0.717) is 23.7 Å². The molecule has 4 heteroatoms. The van der Waals surface area contributed by atoms with Crippen LogP contribution < -0.4 is 10.1 Å². The average Bonchev–Trinajstić information content (AvgIpc) is 2.96. The monoisotopic (exact) mass is 291 g/mol. The Morgan fingerprint density at radius 1 is 1.19 bits per heavy atom. The number of methoxy groups -OCH3 is 1. The molecular weight excluding hydrogens is 266 g/mol. The number of nitrogens with one attached hydrogen (secondary N) is 1. The third-order valence-corrected chi connectivity index (χ3v) is 5.55. The fourth-order valence-electron chi connectivity index (χ4n) is 4.37. The topological polar surface area (TPSA) is 61.7 Å². The molecule has 1 aromatic carbocycles. The maximum Gasteiger partial charge on any atom is 0.125 e. The SMILES string of the molecule is COc1ccccc1C1(O)C(O)CC(C)(C)C2CNCC21. The van der Waals surface area contributed by atoms with Crippen molar-refractivity contribution in [3.63, 3.8) is 0 Å². The zero-order chi connectivity index (χ0) is 15.3. The number of benzene rings is 1. The summed E-state index contributed by atoms with van der Waals surface area (Å²) in [6, 6.07) is 7.49. The van der Waals surface area contributed by atoms with Gasteiger partial charge < -0.3 is 20.3 Å². The number of hydrogen-bond donors (Lipinski definition) is 3. The van der Waals surface area contributed by atoms with Gasteiger partial charge in [-0.25, -0.2) is 0 Å². The summed E-state index contributed by atoms with van der Waals surface area (Å²) in [7, 11) is 1.60. The third kappa shape index (κ3) is 2.08. The highest BCUT2D eigenvalue weighted by Crippen LogP contribution is 2.55. The Kier molecular flexibility index (Phi) is 3.51. The lowest BCUT2D eigenvalue weighted by Crippen LogP contribution is -2.57. The second-order valence-electron chi connectivity index (χ2n) is 7.11. The van der Waals surface area contributed by atoms with Crippen LogP contribution in [0.4, 0.5) is 0 Å². The van der Waals surface area contributed by atoms with Crippen LogP contribution in [0.25, 0.3) is 0 Å². The molecule has 3 rings (SSSR count). The van der Waals surface area contributed by atoms with E-state index in [1.807, 2.05) is 24.3 Å². The molecule has 3 N–H and O–H groups in total. The minimum atomic E-state index is -1.25. The minimum absolute atomic E-state index is 0.00690. The van der Waals surface area contributed by atoms with Crippen molar-refractivity contribution in [2.75, 3.05) is 20.2 Å². The van der Waals surface area contributed by atoms with Crippen LogP contribution in [0, 0.1) is 17.3 Å². The van der Waals surface area contributed by atoms with E-state index in [0.717, 1.165) is 13.1 Å². The Morgan fingerprint density at radius 2 is 1.86 bits per heavy atom. The Morgan fingerprint density at radius 3 is 2.57 bits per heavy atom. The average molecular weight is 291 g/mol. The third-order valence-electron chi connectivity index (χ3n) is 5.55. The van der Waals surface area contributed by atoms with Crippen molar-refractivity contribution in [2.45, 2.75) is 32.0 Å². The zero-order valence-electron chi connectivity index (χ0n) is 13.0. The number of fused-ring (bicyclic) bond motifs is 1. The molecule has 1 aromatic rings. The Labute approximate surface area is 126 Å². The first-order chi connectivity index (χ1) is 9.91. The molecule has 4 atom stereocenters. The Hall–Kier alpha value is -1.10. The molecule has 2 aliphatic rings. The van der Waals surface area contributed by atoms with Crippen LogP contribution in [0.2, 0.25) is 0 Å². The van der Waals surface area contributed by atoms with Gasteiger partial charge in [-0.2, -0.15) is 0 Å². The lowest BCUT2D eigenvalue weighted by molar-refractivity contribution is -0.182. The lowest BCUT2D eigenvalue weighted by Gasteiger charge is -2.52. The van der Waals surface area contributed by atoms with E-state index in [1.165, 1.54) is 0 Å². The standard InChI is InChI=1S/C17H25NO3/c1-16(2)8-15(19)17(20,13-10-18-9-12(13)16)11-6-4-5-7-14(11)21-3/h4-7,12-13,15,18-20H,8-10H2,1-3H3. The second-order valence-corrected chi connectivity index (χ2v) is 7.11. The molecule has 4 unspecified atom stereocenters. The molecule has 0 aromatic heterocycles. The van der Waals surface area contributed by atoms with Crippen LogP contribution >= 0.6 is 0 Å². The van der Waals surface area contributed by atoms with Crippen molar-refractivity contribution in [3.05, 3.63) is 29.8 Å². The fourth-order valence-corrected chi connectivity index (χ4v) is 4.37. The molecule has 0 radical (unpaired) electrons. The smallest absolute Gasteiger partial charge is 0.125 e. The Balaban J connectivity index is 2.10. The van der Waals surface area contributed by atoms with Crippen LogP contribution in [0.15, 0.2) is 24.3 Å². The van der Waals surface area contributed by atoms with E-state index in [1.54, 1.807) is 7.11 Å². The lowest BCUT2D eigenvalue weighted by atomic mass is 9.56. The van der Waals surface area contributed by atoms with Crippen molar-refractivity contribution < 1.29 is 14.9 Å². The number of aliphatic hydroxyl groups excluding tert-OH is 1. The number of hydrogen-bond acceptors (Lipinski definition) is 4. The summed E-state index contributed by atoms with van der Waals surface area (Å²) in [5.41, 5.74) is -0.535. The van der Waals surface area contributed by atoms with Crippen molar-refractivity contribution >= 4 is 0 Å². The van der Waals surface area contributed by atoms with Crippen LogP contribution in [0.3, 0.4) is 0 Å². The van der Waals surface area contributed by atoms with Gasteiger partial charge in [0, 0.05) is 18.0 Å². The predicted octanol–water partition coefficient (Wildman–Crippen LogP) is 1.51. The summed E-state index contributed by atoms with van der Waals surface area (Å²) in [4.78, 5) is 0. The first kappa shape index (κ1) is 14.8. The largest absolute Gasteiger partial charge is 0.496 e. The summed E-state index contributed by atoms with van der Waals surface area (Å²) in [6.45, 7) is 5.98. The Bertz CT molecular complexity index is 531. The first-order valence-corrected chi connectivity index (χ1v) is 7.66. The van der Waals surface area contributed by atoms with Gasteiger partial charge in [0.15, 0.2) is 0 Å². The van der Waals surface area contributed by atoms with E-state index >= 15 is 0 Å². The van der Waals surface area contributed by atoms with Crippen molar-refractivity contribution in [3.8, 4) is 5.75 Å². The fraction of sp³-hybridized carbons (Fsp3) is 0.647. The number of para-hydroxylation sites is 1. The van der Waals surface area contributed by atoms with Gasteiger partial charge in [0.1, 0.15) is 11.4 Å². The highest BCUT2D eigenvalue weighted by atomic mass is 16.5. The highest BCUT2D eigenvalue weighted by Gasteiger charge is 2.59. The maximum atomic E-state index is 11.5. The predicted molar refractivity (Wildman–Crippen MR) is 81.1 cm³/mol. The maximum absolute atomic E-state index is 11.5. The van der Waals surface area contributed by atoms with Gasteiger partial charge >= 0.3 is 0 Å². The molecule has 2 fully saturated rings. The van der Waals surface area contributed by atoms with Gasteiger partial charge in [-0.15, -0.1) is 0 Å². The summed E-state index contributed by atoms with van der Waals surface area (Å²) < 4.78 is 5.42. The molecule has 1 saturated carbocycles. The molecule has 1 saturated heterocycles. The van der Waals surface area contributed by atoms with Crippen molar-refractivity contribution in [1.29, 1.82) is 0 Å². The molecule has 0 bridgehead atoms. The zero-order valence-corrected chi connectivity index (χ0v) is 13.0. The van der Waals surface area contributed by atoms with Crippen LogP contribution in [0.5, 0.6) is 5.75 Å². The quantitative estimate of drug-likeness (QED) is 0.773. The molecule has 4 nitrogen and oxygen atoms in total. The van der Waals surface area contributed by atoms with Gasteiger partial charge in [-0.3, -0.25) is 0 Å². The van der Waals surface area contributed by atoms with E-state index in [2.05, 4.69) is 19.2 Å². The van der Waals surface area contributed by atoms with Gasteiger partial charge in [0.05, 0.1) is 13.2 Å². The molecule has 21 heavy (non-hydrogen) atoms. The normalized spacial score (nSPS) is 38.0. The molecule has 1 heterocycles. The van der Waals surface area contributed by atoms with Crippen LogP contribution in [-0.2, 0) is 5.60 Å². The summed E-state index contributed by atoms with van der Waals surface area (Å²) in [5.74, 6) is 0.979. The summed E-state index contributed by atoms with van der Waals surface area (Å²) >= 11 is 0. The number of ether oxygens (including phenoxy) is 1. The van der Waals surface area contributed by atoms with E-state index in [9.17, 15) is 10.2 Å². The summed E-state index contributed by atoms with van der Waals surface area (Å²) in [6.07, 6.45) is -0.199. The molecule has 0 spiro atoms. The molecular formula is C17H25NO3. The van der Waals surface area contributed by atoms with Gasteiger partial charge in [-0.05, 0) is 30.4 Å². The van der Waals surface area contributed by atoms with Crippen LogP contribution in [-0.4, -0.2) is 36.5 Å².